The average molecular weight is 338 g/mol. The molecule has 3 rings (SSSR count). The molecule has 0 fully saturated rings. The molecule has 25 heavy (non-hydrogen) atoms. The minimum Gasteiger partial charge on any atom is -0.496 e. The van der Waals surface area contributed by atoms with Crippen molar-refractivity contribution in [3.8, 4) is 16.9 Å². The Morgan fingerprint density at radius 3 is 2.80 bits per heavy atom. The van der Waals surface area contributed by atoms with Gasteiger partial charge in [-0.2, -0.15) is 0 Å². The molecule has 6 heteroatoms. The molecule has 0 unspecified atom stereocenters. The maximum Gasteiger partial charge on any atom is 0.335 e. The van der Waals surface area contributed by atoms with E-state index in [9.17, 15) is 14.7 Å². The number of carboxylic acids is 1. The molecule has 2 aromatic heterocycles. The predicted octanol–water partition coefficient (Wildman–Crippen LogP) is 3.28. The maximum absolute atomic E-state index is 12.6. The van der Waals surface area contributed by atoms with Gasteiger partial charge in [0.2, 0.25) is 0 Å². The van der Waals surface area contributed by atoms with Crippen molar-refractivity contribution in [2.45, 2.75) is 13.5 Å². The third-order valence-corrected chi connectivity index (χ3v) is 4.07. The summed E-state index contributed by atoms with van der Waals surface area (Å²) in [5.74, 6) is -0.472. The van der Waals surface area contributed by atoms with Crippen molar-refractivity contribution in [2.24, 2.45) is 0 Å². The van der Waals surface area contributed by atoms with Crippen LogP contribution in [0.1, 0.15) is 17.3 Å². The van der Waals surface area contributed by atoms with E-state index in [1.165, 1.54) is 13.2 Å². The summed E-state index contributed by atoms with van der Waals surface area (Å²) in [6, 6.07) is 6.49. The van der Waals surface area contributed by atoms with Gasteiger partial charge < -0.3 is 19.4 Å². The minimum absolute atomic E-state index is 0.129. The lowest BCUT2D eigenvalue weighted by atomic mass is 10.0. The van der Waals surface area contributed by atoms with E-state index >= 15 is 0 Å². The van der Waals surface area contributed by atoms with Crippen LogP contribution in [0.15, 0.2) is 53.6 Å². The van der Waals surface area contributed by atoms with Crippen LogP contribution in [0.5, 0.6) is 5.75 Å². The third-order valence-electron chi connectivity index (χ3n) is 4.07. The number of benzene rings is 1. The Morgan fingerprint density at radius 2 is 2.12 bits per heavy atom. The van der Waals surface area contributed by atoms with Gasteiger partial charge in [-0.05, 0) is 31.2 Å². The van der Waals surface area contributed by atoms with Crippen LogP contribution in [0.4, 0.5) is 0 Å². The van der Waals surface area contributed by atoms with E-state index in [2.05, 4.69) is 4.98 Å². The highest BCUT2D eigenvalue weighted by Crippen LogP contribution is 2.34. The predicted molar refractivity (Wildman–Crippen MR) is 96.3 cm³/mol. The summed E-state index contributed by atoms with van der Waals surface area (Å²) in [6.07, 6.45) is 7.19. The Labute approximate surface area is 144 Å². The largest absolute Gasteiger partial charge is 0.496 e. The summed E-state index contributed by atoms with van der Waals surface area (Å²) in [5.41, 5.74) is 1.87. The standard InChI is InChI=1S/C19H18N2O4/c1-3-4-9-21-11-15(13-7-8-20-17(13)18(21)22)14-10-12(19(23)24)5-6-16(14)25-2/h3-8,10-11,20H,9H2,1-2H3,(H,23,24). The Morgan fingerprint density at radius 1 is 1.32 bits per heavy atom. The number of methoxy groups -OCH3 is 1. The summed E-state index contributed by atoms with van der Waals surface area (Å²) in [5, 5.41) is 10.0. The first-order valence-electron chi connectivity index (χ1n) is 7.80. The van der Waals surface area contributed by atoms with Crippen LogP contribution in [0.2, 0.25) is 0 Å². The molecule has 0 spiro atoms. The zero-order chi connectivity index (χ0) is 18.0. The van der Waals surface area contributed by atoms with Gasteiger partial charge in [-0.25, -0.2) is 4.79 Å². The average Bonchev–Trinajstić information content (AvgIpc) is 3.11. The number of hydrogen-bond acceptors (Lipinski definition) is 3. The van der Waals surface area contributed by atoms with Crippen LogP contribution < -0.4 is 10.3 Å². The number of aromatic carboxylic acids is 1. The van der Waals surface area contributed by atoms with E-state index in [0.717, 1.165) is 10.9 Å². The number of carboxylic acid groups (broad SMARTS) is 1. The highest BCUT2D eigenvalue weighted by Gasteiger charge is 2.16. The fraction of sp³-hybridized carbons (Fsp3) is 0.158. The number of allylic oxidation sites excluding steroid dienone is 2. The van der Waals surface area contributed by atoms with Crippen LogP contribution in [-0.2, 0) is 6.54 Å². The number of nitrogens with zero attached hydrogens (tertiary/aromatic N) is 1. The molecule has 0 amide bonds. The second-order valence-corrected chi connectivity index (χ2v) is 5.56. The van der Waals surface area contributed by atoms with Crippen LogP contribution in [0.3, 0.4) is 0 Å². The summed E-state index contributed by atoms with van der Waals surface area (Å²) >= 11 is 0. The number of nitrogens with one attached hydrogen (secondary N) is 1. The molecule has 6 nitrogen and oxygen atoms in total. The van der Waals surface area contributed by atoms with Crippen molar-refractivity contribution < 1.29 is 14.6 Å². The zero-order valence-corrected chi connectivity index (χ0v) is 13.9. The first kappa shape index (κ1) is 16.6. The van der Waals surface area contributed by atoms with Gasteiger partial charge in [-0.3, -0.25) is 4.79 Å². The summed E-state index contributed by atoms with van der Waals surface area (Å²) in [4.78, 5) is 26.9. The molecule has 0 aliphatic rings. The number of ether oxygens (including phenoxy) is 1. The number of pyridine rings is 1. The van der Waals surface area contributed by atoms with Gasteiger partial charge in [0.15, 0.2) is 0 Å². The molecule has 0 saturated carbocycles. The van der Waals surface area contributed by atoms with Gasteiger partial charge >= 0.3 is 5.97 Å². The van der Waals surface area contributed by atoms with Crippen molar-refractivity contribution in [1.82, 2.24) is 9.55 Å². The number of hydrogen-bond donors (Lipinski definition) is 2. The van der Waals surface area contributed by atoms with Crippen molar-refractivity contribution >= 4 is 16.9 Å². The molecule has 0 saturated heterocycles. The molecule has 2 heterocycles. The first-order chi connectivity index (χ1) is 12.1. The molecular formula is C19H18N2O4. The number of fused-ring (bicyclic) bond motifs is 1. The van der Waals surface area contributed by atoms with E-state index in [1.54, 1.807) is 35.2 Å². The highest BCUT2D eigenvalue weighted by atomic mass is 16.5. The van der Waals surface area contributed by atoms with Crippen molar-refractivity contribution in [1.29, 1.82) is 0 Å². The van der Waals surface area contributed by atoms with E-state index in [1.807, 2.05) is 19.1 Å². The minimum atomic E-state index is -1.02. The number of carbonyl (C=O) groups is 1. The highest BCUT2D eigenvalue weighted by molar-refractivity contribution is 5.98. The number of rotatable bonds is 5. The molecule has 0 radical (unpaired) electrons. The van der Waals surface area contributed by atoms with Gasteiger partial charge in [0.25, 0.3) is 5.56 Å². The summed E-state index contributed by atoms with van der Waals surface area (Å²) < 4.78 is 6.99. The molecule has 3 aromatic rings. The molecule has 2 N–H and O–H groups in total. The lowest BCUT2D eigenvalue weighted by molar-refractivity contribution is 0.0697. The Bertz CT molecular complexity index is 1030. The molecular weight excluding hydrogens is 320 g/mol. The smallest absolute Gasteiger partial charge is 0.335 e. The number of aromatic nitrogens is 2. The maximum atomic E-state index is 12.6. The summed E-state index contributed by atoms with van der Waals surface area (Å²) in [6.45, 7) is 2.32. The van der Waals surface area contributed by atoms with Gasteiger partial charge in [0.1, 0.15) is 11.3 Å². The lowest BCUT2D eigenvalue weighted by Crippen LogP contribution is -2.19. The van der Waals surface area contributed by atoms with E-state index < -0.39 is 5.97 Å². The Hall–Kier alpha value is -3.28. The molecule has 0 aliphatic carbocycles. The van der Waals surface area contributed by atoms with Crippen LogP contribution >= 0.6 is 0 Å². The van der Waals surface area contributed by atoms with Gasteiger partial charge in [-0.1, -0.05) is 12.2 Å². The van der Waals surface area contributed by atoms with Gasteiger partial charge in [0, 0.05) is 35.5 Å². The fourth-order valence-electron chi connectivity index (χ4n) is 2.82. The summed E-state index contributed by atoms with van der Waals surface area (Å²) in [7, 11) is 1.53. The van der Waals surface area contributed by atoms with Crippen LogP contribution in [-0.4, -0.2) is 27.7 Å². The third kappa shape index (κ3) is 2.94. The molecule has 128 valence electrons. The lowest BCUT2D eigenvalue weighted by Gasteiger charge is -2.13. The Balaban J connectivity index is 2.33. The monoisotopic (exact) mass is 338 g/mol. The zero-order valence-electron chi connectivity index (χ0n) is 13.9. The van der Waals surface area contributed by atoms with Gasteiger partial charge in [-0.15, -0.1) is 0 Å². The molecule has 0 atom stereocenters. The van der Waals surface area contributed by atoms with Crippen LogP contribution in [0, 0.1) is 0 Å². The Kier molecular flexibility index (Phi) is 4.43. The molecule has 0 bridgehead atoms. The van der Waals surface area contributed by atoms with Crippen molar-refractivity contribution in [3.63, 3.8) is 0 Å². The number of aromatic amines is 1. The van der Waals surface area contributed by atoms with Crippen LogP contribution in [0.25, 0.3) is 22.0 Å². The quantitative estimate of drug-likeness (QED) is 0.699. The SMILES string of the molecule is CC=CCn1cc(-c2cc(C(=O)O)ccc2OC)c2cc[nH]c2c1=O. The second-order valence-electron chi connectivity index (χ2n) is 5.56. The molecule has 1 aromatic carbocycles. The van der Waals surface area contributed by atoms with E-state index in [-0.39, 0.29) is 11.1 Å². The van der Waals surface area contributed by atoms with E-state index in [4.69, 9.17) is 4.74 Å². The van der Waals surface area contributed by atoms with E-state index in [0.29, 0.717) is 23.4 Å². The molecule has 0 aliphatic heterocycles. The normalized spacial score (nSPS) is 11.3. The topological polar surface area (TPSA) is 84.3 Å². The number of H-pyrrole nitrogens is 1. The second kappa shape index (κ2) is 6.68. The van der Waals surface area contributed by atoms with Crippen molar-refractivity contribution in [3.05, 3.63) is 64.7 Å². The fourth-order valence-corrected chi connectivity index (χ4v) is 2.82. The first-order valence-corrected chi connectivity index (χ1v) is 7.80. The van der Waals surface area contributed by atoms with Crippen molar-refractivity contribution in [2.75, 3.05) is 7.11 Å². The van der Waals surface area contributed by atoms with Gasteiger partial charge in [0.05, 0.1) is 12.7 Å².